The highest BCUT2D eigenvalue weighted by Crippen LogP contribution is 2.36. The lowest BCUT2D eigenvalue weighted by Gasteiger charge is -2.28. The lowest BCUT2D eigenvalue weighted by molar-refractivity contribution is -0.154. The number of thioether (sulfide) groups is 1. The van der Waals surface area contributed by atoms with Gasteiger partial charge < -0.3 is 19.2 Å². The van der Waals surface area contributed by atoms with Crippen LogP contribution >= 0.6 is 11.8 Å². The first-order valence-electron chi connectivity index (χ1n) is 9.66. The monoisotopic (exact) mass is 422 g/mol. The van der Waals surface area contributed by atoms with Gasteiger partial charge in [-0.05, 0) is 37.7 Å². The van der Waals surface area contributed by atoms with Crippen LogP contribution in [0.4, 0.5) is 0 Å². The maximum Gasteiger partial charge on any atom is 0.526 e. The predicted molar refractivity (Wildman–Crippen MR) is 111 cm³/mol. The van der Waals surface area contributed by atoms with Gasteiger partial charge in [0.2, 0.25) is 6.79 Å². The molecule has 0 aromatic heterocycles. The summed E-state index contributed by atoms with van der Waals surface area (Å²) >= 11 is 1.43. The van der Waals surface area contributed by atoms with Crippen LogP contribution in [-0.2, 0) is 25.5 Å². The summed E-state index contributed by atoms with van der Waals surface area (Å²) in [6.07, 6.45) is 1.03. The van der Waals surface area contributed by atoms with Crippen LogP contribution in [0.2, 0.25) is 5.82 Å². The van der Waals surface area contributed by atoms with Crippen molar-refractivity contribution in [1.82, 2.24) is 0 Å². The first kappa shape index (κ1) is 23.3. The predicted octanol–water partition coefficient (Wildman–Crippen LogP) is 3.03. The van der Waals surface area contributed by atoms with Gasteiger partial charge in [0.05, 0.1) is 0 Å². The van der Waals surface area contributed by atoms with Gasteiger partial charge in [-0.2, -0.15) is 0 Å². The fourth-order valence-corrected chi connectivity index (χ4v) is 3.96. The highest BCUT2D eigenvalue weighted by molar-refractivity contribution is 8.01. The summed E-state index contributed by atoms with van der Waals surface area (Å²) in [5, 5.41) is 10.3. The van der Waals surface area contributed by atoms with Crippen molar-refractivity contribution in [1.29, 1.82) is 0 Å². The molecule has 1 aromatic rings. The Hall–Kier alpha value is -2.00. The molecule has 0 spiro atoms. The Labute approximate surface area is 175 Å². The maximum atomic E-state index is 12.5. The highest BCUT2D eigenvalue weighted by atomic mass is 32.2. The Balaban J connectivity index is 2.02. The molecule has 1 aromatic carbocycles. The van der Waals surface area contributed by atoms with E-state index < -0.39 is 30.6 Å². The molecular weight excluding hydrogens is 395 g/mol. The van der Waals surface area contributed by atoms with E-state index in [1.165, 1.54) is 17.8 Å². The number of fused-ring (bicyclic) bond motifs is 1. The Bertz CT molecular complexity index is 765. The molecule has 1 atom stereocenters. The second-order valence-corrected chi connectivity index (χ2v) is 9.17. The number of hydrogen-bond donors (Lipinski definition) is 1. The second kappa shape index (κ2) is 10.2. The quantitative estimate of drug-likeness (QED) is 0.368. The molecule has 1 aliphatic rings. The number of carbonyl (C=O) groups excluding carboxylic acids is 3. The number of ether oxygens (including phenoxy) is 2. The standard InChI is InChI=1S/C20H27BO7S/c1-5-15(22)11-14-10-13-8-7-9-16(17(13)28-21(14)25)18(23)26-12-27-19(24)20(3,4)29-6-2/h7-9,14,25H,5-6,10-12H2,1-4H3/t14-/m1/s1. The molecule has 7 nitrogen and oxygen atoms in total. The van der Waals surface area contributed by atoms with Gasteiger partial charge in [-0.1, -0.05) is 26.0 Å². The number of carbonyl (C=O) groups is 3. The molecule has 1 N–H and O–H groups in total. The van der Waals surface area contributed by atoms with Crippen molar-refractivity contribution < 1.29 is 33.5 Å². The van der Waals surface area contributed by atoms with Crippen LogP contribution in [0, 0.1) is 0 Å². The largest absolute Gasteiger partial charge is 0.535 e. The zero-order chi connectivity index (χ0) is 21.6. The molecule has 1 heterocycles. The molecule has 29 heavy (non-hydrogen) atoms. The summed E-state index contributed by atoms with van der Waals surface area (Å²) in [5.41, 5.74) is 0.858. The van der Waals surface area contributed by atoms with Gasteiger partial charge in [-0.25, -0.2) is 4.79 Å². The molecule has 0 saturated heterocycles. The van der Waals surface area contributed by atoms with Gasteiger partial charge >= 0.3 is 19.1 Å². The van der Waals surface area contributed by atoms with Crippen LogP contribution in [-0.4, -0.2) is 47.2 Å². The van der Waals surface area contributed by atoms with Crippen LogP contribution in [0.3, 0.4) is 0 Å². The molecular formula is C20H27BO7S. The minimum atomic E-state index is -1.18. The molecule has 0 unspecified atom stereocenters. The number of Topliss-reactive ketones (excluding diaryl/α,β-unsaturated/α-hetero) is 1. The third-order valence-corrected chi connectivity index (χ3v) is 5.88. The third kappa shape index (κ3) is 5.99. The summed E-state index contributed by atoms with van der Waals surface area (Å²) in [6.45, 7) is 6.69. The summed E-state index contributed by atoms with van der Waals surface area (Å²) in [5.74, 6) is -0.516. The summed E-state index contributed by atoms with van der Waals surface area (Å²) in [4.78, 5) is 36.2. The normalized spacial score (nSPS) is 15.9. The van der Waals surface area contributed by atoms with E-state index in [1.807, 2.05) is 6.92 Å². The van der Waals surface area contributed by atoms with Crippen molar-refractivity contribution >= 4 is 36.6 Å². The van der Waals surface area contributed by atoms with Crippen LogP contribution in [0.15, 0.2) is 18.2 Å². The van der Waals surface area contributed by atoms with E-state index in [4.69, 9.17) is 14.1 Å². The van der Waals surface area contributed by atoms with Gasteiger partial charge in [0, 0.05) is 18.7 Å². The van der Waals surface area contributed by atoms with Crippen LogP contribution < -0.4 is 4.65 Å². The molecule has 0 bridgehead atoms. The second-order valence-electron chi connectivity index (χ2n) is 7.29. The van der Waals surface area contributed by atoms with Crippen molar-refractivity contribution in [2.75, 3.05) is 12.5 Å². The molecule has 0 aliphatic carbocycles. The SMILES string of the molecule is CCSC(C)(C)C(=O)OCOC(=O)c1cccc2c1OB(O)[C@@H](CC(=O)CC)C2. The zero-order valence-electron chi connectivity index (χ0n) is 17.2. The topological polar surface area (TPSA) is 99.1 Å². The van der Waals surface area contributed by atoms with Crippen molar-refractivity contribution in [2.45, 2.75) is 57.5 Å². The molecule has 2 rings (SSSR count). The maximum absolute atomic E-state index is 12.5. The summed E-state index contributed by atoms with van der Waals surface area (Å²) < 4.78 is 15.0. The molecule has 9 heteroatoms. The molecule has 0 saturated carbocycles. The van der Waals surface area contributed by atoms with Crippen molar-refractivity contribution in [2.24, 2.45) is 0 Å². The number of ketones is 1. The lowest BCUT2D eigenvalue weighted by atomic mass is 9.64. The average Bonchev–Trinajstić information content (AvgIpc) is 2.67. The van der Waals surface area contributed by atoms with E-state index in [2.05, 4.69) is 0 Å². The molecule has 0 amide bonds. The Kier molecular flexibility index (Phi) is 8.16. The Morgan fingerprint density at radius 1 is 1.28 bits per heavy atom. The Morgan fingerprint density at radius 3 is 2.66 bits per heavy atom. The van der Waals surface area contributed by atoms with E-state index >= 15 is 0 Å². The van der Waals surface area contributed by atoms with Crippen molar-refractivity contribution in [3.05, 3.63) is 29.3 Å². The van der Waals surface area contributed by atoms with E-state index in [-0.39, 0.29) is 29.3 Å². The van der Waals surface area contributed by atoms with E-state index in [0.717, 1.165) is 11.3 Å². The fraction of sp³-hybridized carbons (Fsp3) is 0.550. The number of benzene rings is 1. The lowest BCUT2D eigenvalue weighted by Crippen LogP contribution is -2.36. The third-order valence-electron chi connectivity index (χ3n) is 4.70. The first-order chi connectivity index (χ1) is 13.7. The number of para-hydroxylation sites is 1. The summed E-state index contributed by atoms with van der Waals surface area (Å²) in [6, 6.07) is 4.98. The molecule has 1 aliphatic heterocycles. The molecule has 0 fully saturated rings. The van der Waals surface area contributed by atoms with E-state index in [9.17, 15) is 19.4 Å². The van der Waals surface area contributed by atoms with Crippen molar-refractivity contribution in [3.8, 4) is 5.75 Å². The van der Waals surface area contributed by atoms with Gasteiger partial charge in [-0.3, -0.25) is 9.59 Å². The average molecular weight is 422 g/mol. The number of hydrogen-bond acceptors (Lipinski definition) is 8. The molecule has 158 valence electrons. The number of esters is 2. The number of rotatable bonds is 9. The van der Waals surface area contributed by atoms with Crippen LogP contribution in [0.1, 0.15) is 56.5 Å². The smallest absolute Gasteiger partial charge is 0.526 e. The van der Waals surface area contributed by atoms with Crippen molar-refractivity contribution in [3.63, 3.8) is 0 Å². The van der Waals surface area contributed by atoms with Gasteiger partial charge in [0.15, 0.2) is 0 Å². The highest BCUT2D eigenvalue weighted by Gasteiger charge is 2.37. The van der Waals surface area contributed by atoms with Crippen LogP contribution in [0.25, 0.3) is 0 Å². The van der Waals surface area contributed by atoms with Gasteiger partial charge in [0.1, 0.15) is 21.8 Å². The minimum absolute atomic E-state index is 0.0441. The first-order valence-corrected chi connectivity index (χ1v) is 10.6. The van der Waals surface area contributed by atoms with E-state index in [1.54, 1.807) is 32.9 Å². The van der Waals surface area contributed by atoms with Gasteiger partial charge in [-0.15, -0.1) is 11.8 Å². The fourth-order valence-electron chi connectivity index (χ4n) is 3.06. The van der Waals surface area contributed by atoms with Gasteiger partial charge in [0.25, 0.3) is 0 Å². The Morgan fingerprint density at radius 2 is 2.00 bits per heavy atom. The molecule has 0 radical (unpaired) electrons. The van der Waals surface area contributed by atoms with E-state index in [0.29, 0.717) is 12.8 Å². The summed E-state index contributed by atoms with van der Waals surface area (Å²) in [7, 11) is -1.18. The minimum Gasteiger partial charge on any atom is -0.535 e. The van der Waals surface area contributed by atoms with Crippen LogP contribution in [0.5, 0.6) is 5.75 Å². The zero-order valence-corrected chi connectivity index (χ0v) is 18.0.